The van der Waals surface area contributed by atoms with Gasteiger partial charge in [0.15, 0.2) is 0 Å². The van der Waals surface area contributed by atoms with E-state index in [1.165, 1.54) is 4.90 Å². The maximum Gasteiger partial charge on any atom is 0.407 e. The van der Waals surface area contributed by atoms with E-state index in [4.69, 9.17) is 5.11 Å². The summed E-state index contributed by atoms with van der Waals surface area (Å²) in [4.78, 5) is 46.3. The lowest BCUT2D eigenvalue weighted by Crippen LogP contribution is -2.53. The van der Waals surface area contributed by atoms with Crippen LogP contribution >= 0.6 is 0 Å². The lowest BCUT2D eigenvalue weighted by atomic mass is 10.0. The molecular weight excluding hydrogens is 254 g/mol. The third kappa shape index (κ3) is 3.01. The molecule has 0 aromatic carbocycles. The number of amides is 4. The quantitative estimate of drug-likeness (QED) is 0.551. The summed E-state index contributed by atoms with van der Waals surface area (Å²) in [6, 6.07) is -0.705. The Hall–Kier alpha value is -2.12. The van der Waals surface area contributed by atoms with Gasteiger partial charge in [-0.1, -0.05) is 0 Å². The Morgan fingerprint density at radius 2 is 2.05 bits per heavy atom. The average molecular weight is 269 g/mol. The predicted octanol–water partition coefficient (Wildman–Crippen LogP) is -1.09. The van der Waals surface area contributed by atoms with Crippen LogP contribution in [0.2, 0.25) is 0 Å². The number of likely N-dealkylation sites (tertiary alicyclic amines) is 1. The minimum atomic E-state index is -1.05. The normalized spacial score (nSPS) is 27.1. The lowest BCUT2D eigenvalue weighted by Gasteiger charge is -2.23. The molecule has 0 radical (unpaired) electrons. The van der Waals surface area contributed by atoms with Gasteiger partial charge < -0.3 is 15.3 Å². The van der Waals surface area contributed by atoms with Crippen LogP contribution in [0.25, 0.3) is 0 Å². The van der Waals surface area contributed by atoms with Crippen LogP contribution in [0.4, 0.5) is 4.79 Å². The molecule has 0 aliphatic carbocycles. The molecule has 0 bridgehead atoms. The molecule has 2 aliphatic heterocycles. The molecule has 2 saturated heterocycles. The highest BCUT2D eigenvalue weighted by atomic mass is 16.4. The summed E-state index contributed by atoms with van der Waals surface area (Å²) in [5.74, 6) is -1.61. The molecule has 8 nitrogen and oxygen atoms in total. The number of rotatable bonds is 2. The van der Waals surface area contributed by atoms with Crippen LogP contribution in [-0.2, 0) is 14.4 Å². The first-order valence-corrected chi connectivity index (χ1v) is 6.09. The third-order valence-electron chi connectivity index (χ3n) is 3.39. The number of carboxylic acid groups (broad SMARTS) is 1. The highest BCUT2D eigenvalue weighted by molar-refractivity contribution is 6.01. The second-order valence-electron chi connectivity index (χ2n) is 4.73. The molecular formula is C11H15N3O5. The summed E-state index contributed by atoms with van der Waals surface area (Å²) in [5, 5.41) is 13.5. The van der Waals surface area contributed by atoms with Crippen molar-refractivity contribution in [2.45, 2.75) is 25.3 Å². The summed E-state index contributed by atoms with van der Waals surface area (Å²) in [5.41, 5.74) is 0. The van der Waals surface area contributed by atoms with E-state index >= 15 is 0 Å². The van der Waals surface area contributed by atoms with Crippen LogP contribution in [0.5, 0.6) is 0 Å². The maximum atomic E-state index is 11.9. The number of imide groups is 1. The van der Waals surface area contributed by atoms with Crippen molar-refractivity contribution in [1.82, 2.24) is 15.5 Å². The van der Waals surface area contributed by atoms with Gasteiger partial charge in [0, 0.05) is 19.5 Å². The molecule has 2 fully saturated rings. The van der Waals surface area contributed by atoms with E-state index < -0.39 is 24.0 Å². The van der Waals surface area contributed by atoms with Gasteiger partial charge in [-0.3, -0.25) is 19.7 Å². The molecule has 0 spiro atoms. The fourth-order valence-corrected chi connectivity index (χ4v) is 2.27. The summed E-state index contributed by atoms with van der Waals surface area (Å²) >= 11 is 0. The highest BCUT2D eigenvalue weighted by Crippen LogP contribution is 2.17. The zero-order valence-electron chi connectivity index (χ0n) is 10.2. The zero-order chi connectivity index (χ0) is 14.0. The Morgan fingerprint density at radius 3 is 2.63 bits per heavy atom. The standard InChI is InChI=1S/C11H15N3O5/c15-8-2-1-7(10(17)13-8)12-9(16)6-3-4-14(5-6)11(18)19/h6-7H,1-5H2,(H,12,16)(H,18,19)(H,13,15,17). The first-order chi connectivity index (χ1) is 8.97. The minimum absolute atomic E-state index is 0.147. The van der Waals surface area contributed by atoms with Crippen molar-refractivity contribution in [2.24, 2.45) is 5.92 Å². The van der Waals surface area contributed by atoms with E-state index in [1.54, 1.807) is 0 Å². The monoisotopic (exact) mass is 269 g/mol. The molecule has 2 unspecified atom stereocenters. The topological polar surface area (TPSA) is 116 Å². The van der Waals surface area contributed by atoms with Crippen molar-refractivity contribution < 1.29 is 24.3 Å². The van der Waals surface area contributed by atoms with E-state index in [0.29, 0.717) is 13.0 Å². The fourth-order valence-electron chi connectivity index (χ4n) is 2.27. The van der Waals surface area contributed by atoms with E-state index in [2.05, 4.69) is 10.6 Å². The second kappa shape index (κ2) is 5.25. The molecule has 2 heterocycles. The summed E-state index contributed by atoms with van der Waals surface area (Å²) in [6.45, 7) is 0.469. The number of carbonyl (C=O) groups excluding carboxylic acids is 3. The predicted molar refractivity (Wildman–Crippen MR) is 62.0 cm³/mol. The molecule has 8 heteroatoms. The largest absolute Gasteiger partial charge is 0.465 e. The first-order valence-electron chi connectivity index (χ1n) is 6.09. The van der Waals surface area contributed by atoms with E-state index in [-0.39, 0.29) is 31.2 Å². The summed E-state index contributed by atoms with van der Waals surface area (Å²) in [7, 11) is 0. The molecule has 2 atom stereocenters. The van der Waals surface area contributed by atoms with Gasteiger partial charge in [-0.15, -0.1) is 0 Å². The summed E-state index contributed by atoms with van der Waals surface area (Å²) < 4.78 is 0. The van der Waals surface area contributed by atoms with Gasteiger partial charge in [0.1, 0.15) is 6.04 Å². The van der Waals surface area contributed by atoms with Gasteiger partial charge in [-0.25, -0.2) is 4.79 Å². The second-order valence-corrected chi connectivity index (χ2v) is 4.73. The van der Waals surface area contributed by atoms with Crippen LogP contribution < -0.4 is 10.6 Å². The molecule has 0 aromatic rings. The van der Waals surface area contributed by atoms with Gasteiger partial charge in [-0.2, -0.15) is 0 Å². The molecule has 0 aromatic heterocycles. The Kier molecular flexibility index (Phi) is 3.68. The van der Waals surface area contributed by atoms with Crippen molar-refractivity contribution in [3.05, 3.63) is 0 Å². The number of nitrogens with zero attached hydrogens (tertiary/aromatic N) is 1. The van der Waals surface area contributed by atoms with Gasteiger partial charge in [-0.05, 0) is 12.8 Å². The molecule has 2 rings (SSSR count). The van der Waals surface area contributed by atoms with Crippen LogP contribution in [0.3, 0.4) is 0 Å². The van der Waals surface area contributed by atoms with Crippen molar-refractivity contribution in [2.75, 3.05) is 13.1 Å². The van der Waals surface area contributed by atoms with Crippen molar-refractivity contribution in [3.8, 4) is 0 Å². The highest BCUT2D eigenvalue weighted by Gasteiger charge is 2.34. The number of hydrogen-bond donors (Lipinski definition) is 3. The Labute approximate surface area is 109 Å². The molecule has 2 aliphatic rings. The lowest BCUT2D eigenvalue weighted by molar-refractivity contribution is -0.138. The maximum absolute atomic E-state index is 11.9. The average Bonchev–Trinajstić information content (AvgIpc) is 2.82. The van der Waals surface area contributed by atoms with Crippen molar-refractivity contribution >= 4 is 23.8 Å². The van der Waals surface area contributed by atoms with Gasteiger partial charge in [0.25, 0.3) is 0 Å². The Bertz CT molecular complexity index is 436. The zero-order valence-corrected chi connectivity index (χ0v) is 10.2. The van der Waals surface area contributed by atoms with Crippen molar-refractivity contribution in [3.63, 3.8) is 0 Å². The van der Waals surface area contributed by atoms with Crippen molar-refractivity contribution in [1.29, 1.82) is 0 Å². The van der Waals surface area contributed by atoms with Gasteiger partial charge in [0.2, 0.25) is 17.7 Å². The Morgan fingerprint density at radius 1 is 1.32 bits per heavy atom. The van der Waals surface area contributed by atoms with Crippen LogP contribution in [0.15, 0.2) is 0 Å². The molecule has 3 N–H and O–H groups in total. The van der Waals surface area contributed by atoms with Crippen LogP contribution in [0.1, 0.15) is 19.3 Å². The van der Waals surface area contributed by atoms with Crippen LogP contribution in [0, 0.1) is 5.92 Å². The number of nitrogens with one attached hydrogen (secondary N) is 2. The minimum Gasteiger partial charge on any atom is -0.465 e. The number of piperidine rings is 1. The molecule has 0 saturated carbocycles. The van der Waals surface area contributed by atoms with Gasteiger partial charge in [0.05, 0.1) is 5.92 Å². The van der Waals surface area contributed by atoms with Gasteiger partial charge >= 0.3 is 6.09 Å². The first kappa shape index (κ1) is 13.3. The van der Waals surface area contributed by atoms with E-state index in [0.717, 1.165) is 0 Å². The Balaban J connectivity index is 1.86. The van der Waals surface area contributed by atoms with E-state index in [1.807, 2.05) is 0 Å². The van der Waals surface area contributed by atoms with Crippen LogP contribution in [-0.4, -0.2) is 53.0 Å². The molecule has 4 amide bonds. The summed E-state index contributed by atoms with van der Waals surface area (Å²) in [6.07, 6.45) is -0.115. The third-order valence-corrected chi connectivity index (χ3v) is 3.39. The SMILES string of the molecule is O=C1CCC(NC(=O)C2CCN(C(=O)O)C2)C(=O)N1. The number of hydrogen-bond acceptors (Lipinski definition) is 4. The number of carbonyl (C=O) groups is 4. The van der Waals surface area contributed by atoms with E-state index in [9.17, 15) is 19.2 Å². The molecule has 19 heavy (non-hydrogen) atoms. The smallest absolute Gasteiger partial charge is 0.407 e. The fraction of sp³-hybridized carbons (Fsp3) is 0.636. The molecule has 104 valence electrons.